The summed E-state index contributed by atoms with van der Waals surface area (Å²) < 4.78 is 28.2. The third-order valence-corrected chi connectivity index (χ3v) is 8.26. The fourth-order valence-electron chi connectivity index (χ4n) is 3.77. The van der Waals surface area contributed by atoms with E-state index in [1.807, 2.05) is 29.6 Å². The number of hydrogen-bond acceptors (Lipinski definition) is 5. The first-order chi connectivity index (χ1) is 15.3. The van der Waals surface area contributed by atoms with E-state index < -0.39 is 27.9 Å². The lowest BCUT2D eigenvalue weighted by Gasteiger charge is -2.26. The van der Waals surface area contributed by atoms with Gasteiger partial charge in [-0.3, -0.25) is 9.59 Å². The number of rotatable bonds is 7. The molecule has 1 atom stereocenters. The zero-order valence-electron chi connectivity index (χ0n) is 17.8. The minimum atomic E-state index is -4.00. The Morgan fingerprint density at radius 2 is 1.69 bits per heavy atom. The zero-order chi connectivity index (χ0) is 22.9. The molecule has 4 rings (SSSR count). The maximum Gasteiger partial charge on any atom is 0.252 e. The van der Waals surface area contributed by atoms with Crippen LogP contribution in [-0.2, 0) is 26.2 Å². The van der Waals surface area contributed by atoms with Gasteiger partial charge in [0.25, 0.3) is 5.91 Å². The van der Waals surface area contributed by atoms with Crippen molar-refractivity contribution in [2.75, 3.05) is 4.90 Å². The van der Waals surface area contributed by atoms with Gasteiger partial charge in [-0.25, -0.2) is 13.3 Å². The molecule has 1 aromatic heterocycles. The van der Waals surface area contributed by atoms with Crippen molar-refractivity contribution in [3.05, 3.63) is 82.6 Å². The van der Waals surface area contributed by atoms with Crippen LogP contribution in [0.3, 0.4) is 0 Å². The second-order valence-corrected chi connectivity index (χ2v) is 10.9. The number of nitrogens with zero attached hydrogens (tertiary/aromatic N) is 2. The molecule has 0 N–H and O–H groups in total. The Hall–Kier alpha value is -2.81. The highest BCUT2D eigenvalue weighted by molar-refractivity contribution is 7.89. The average molecular weight is 469 g/mol. The lowest BCUT2D eigenvalue weighted by atomic mass is 10.0. The summed E-state index contributed by atoms with van der Waals surface area (Å²) in [5.41, 5.74) is 1.55. The molecule has 0 aliphatic carbocycles. The van der Waals surface area contributed by atoms with Crippen LogP contribution < -0.4 is 4.90 Å². The van der Waals surface area contributed by atoms with Gasteiger partial charge in [-0.1, -0.05) is 50.2 Å². The van der Waals surface area contributed by atoms with E-state index in [-0.39, 0.29) is 17.9 Å². The fourth-order valence-corrected chi connectivity index (χ4v) is 6.13. The van der Waals surface area contributed by atoms with Crippen LogP contribution in [0.4, 0.5) is 5.69 Å². The SMILES string of the molecule is CC(C)c1ccc(N2C(=O)CC(N(Cc3cccs3)S(=O)(=O)c3ccccc3)C2=O)cc1. The molecule has 166 valence electrons. The first-order valence-electron chi connectivity index (χ1n) is 10.3. The molecule has 1 aliphatic rings. The molecule has 3 aromatic rings. The molecule has 1 saturated heterocycles. The van der Waals surface area contributed by atoms with E-state index in [0.717, 1.165) is 19.6 Å². The molecule has 2 heterocycles. The zero-order valence-corrected chi connectivity index (χ0v) is 19.5. The topological polar surface area (TPSA) is 74.8 Å². The van der Waals surface area contributed by atoms with E-state index in [4.69, 9.17) is 0 Å². The van der Waals surface area contributed by atoms with Gasteiger partial charge in [0.2, 0.25) is 15.9 Å². The highest BCUT2D eigenvalue weighted by atomic mass is 32.2. The van der Waals surface area contributed by atoms with Crippen LogP contribution in [0.25, 0.3) is 0 Å². The van der Waals surface area contributed by atoms with Crippen molar-refractivity contribution in [1.82, 2.24) is 4.31 Å². The molecule has 2 aromatic carbocycles. The van der Waals surface area contributed by atoms with Gasteiger partial charge >= 0.3 is 0 Å². The maximum absolute atomic E-state index is 13.5. The van der Waals surface area contributed by atoms with Gasteiger partial charge in [-0.15, -0.1) is 11.3 Å². The Morgan fingerprint density at radius 1 is 1.00 bits per heavy atom. The van der Waals surface area contributed by atoms with Crippen molar-refractivity contribution in [3.63, 3.8) is 0 Å². The highest BCUT2D eigenvalue weighted by Crippen LogP contribution is 2.31. The Balaban J connectivity index is 1.70. The van der Waals surface area contributed by atoms with Gasteiger partial charge in [-0.05, 0) is 47.2 Å². The van der Waals surface area contributed by atoms with E-state index >= 15 is 0 Å². The lowest BCUT2D eigenvalue weighted by molar-refractivity contribution is -0.122. The van der Waals surface area contributed by atoms with E-state index in [2.05, 4.69) is 13.8 Å². The maximum atomic E-state index is 13.5. The Kier molecular flexibility index (Phi) is 6.28. The van der Waals surface area contributed by atoms with Gasteiger partial charge in [0, 0.05) is 11.4 Å². The number of hydrogen-bond donors (Lipinski definition) is 0. The van der Waals surface area contributed by atoms with E-state index in [9.17, 15) is 18.0 Å². The quantitative estimate of drug-likeness (QED) is 0.482. The van der Waals surface area contributed by atoms with Crippen LogP contribution in [0, 0.1) is 0 Å². The molecule has 1 fully saturated rings. The van der Waals surface area contributed by atoms with Crippen LogP contribution in [0.2, 0.25) is 0 Å². The molecule has 0 spiro atoms. The van der Waals surface area contributed by atoms with E-state index in [1.165, 1.54) is 23.5 Å². The molecule has 6 nitrogen and oxygen atoms in total. The van der Waals surface area contributed by atoms with Crippen LogP contribution in [0.5, 0.6) is 0 Å². The molecule has 0 bridgehead atoms. The smallest absolute Gasteiger partial charge is 0.252 e. The van der Waals surface area contributed by atoms with Gasteiger partial charge in [0.15, 0.2) is 0 Å². The fraction of sp³-hybridized carbons (Fsp3) is 0.250. The Morgan fingerprint density at radius 3 is 2.28 bits per heavy atom. The monoisotopic (exact) mass is 468 g/mol. The molecule has 2 amide bonds. The molecule has 1 aliphatic heterocycles. The Bertz CT molecular complexity index is 1200. The molecular weight excluding hydrogens is 444 g/mol. The van der Waals surface area contributed by atoms with Gasteiger partial charge in [0.1, 0.15) is 6.04 Å². The van der Waals surface area contributed by atoms with E-state index in [0.29, 0.717) is 11.6 Å². The number of imide groups is 1. The van der Waals surface area contributed by atoms with Gasteiger partial charge in [0.05, 0.1) is 17.0 Å². The van der Waals surface area contributed by atoms with Crippen LogP contribution in [0.1, 0.15) is 36.6 Å². The minimum Gasteiger partial charge on any atom is -0.274 e. The first-order valence-corrected chi connectivity index (χ1v) is 12.7. The largest absolute Gasteiger partial charge is 0.274 e. The number of carbonyl (C=O) groups excluding carboxylic acids is 2. The number of benzene rings is 2. The highest BCUT2D eigenvalue weighted by Gasteiger charge is 2.47. The predicted octanol–water partition coefficient (Wildman–Crippen LogP) is 4.39. The number of carbonyl (C=O) groups is 2. The molecule has 1 unspecified atom stereocenters. The van der Waals surface area contributed by atoms with Crippen LogP contribution in [-0.4, -0.2) is 30.6 Å². The van der Waals surface area contributed by atoms with Gasteiger partial charge in [-0.2, -0.15) is 4.31 Å². The second kappa shape index (κ2) is 8.97. The molecular formula is C24H24N2O4S2. The standard InChI is InChI=1S/C24H24N2O4S2/c1-17(2)18-10-12-19(13-11-18)26-23(27)15-22(24(26)28)25(16-20-7-6-14-31-20)32(29,30)21-8-4-3-5-9-21/h3-14,17,22H,15-16H2,1-2H3. The summed E-state index contributed by atoms with van der Waals surface area (Å²) in [4.78, 5) is 28.3. The lowest BCUT2D eigenvalue weighted by Crippen LogP contribution is -2.44. The Labute approximate surface area is 192 Å². The normalized spacial score (nSPS) is 17.0. The summed E-state index contributed by atoms with van der Waals surface area (Å²) in [5.74, 6) is -0.612. The first kappa shape index (κ1) is 22.4. The third kappa shape index (κ3) is 4.26. The van der Waals surface area contributed by atoms with Crippen molar-refractivity contribution < 1.29 is 18.0 Å². The number of amides is 2. The third-order valence-electron chi connectivity index (χ3n) is 5.53. The summed E-state index contributed by atoms with van der Waals surface area (Å²) in [6.45, 7) is 4.15. The number of thiophene rings is 1. The van der Waals surface area contributed by atoms with Crippen molar-refractivity contribution in [1.29, 1.82) is 0 Å². The second-order valence-electron chi connectivity index (χ2n) is 7.98. The molecule has 8 heteroatoms. The van der Waals surface area contributed by atoms with E-state index in [1.54, 1.807) is 30.3 Å². The van der Waals surface area contributed by atoms with Crippen molar-refractivity contribution in [2.24, 2.45) is 0 Å². The number of anilines is 1. The van der Waals surface area contributed by atoms with Crippen LogP contribution in [0.15, 0.2) is 77.0 Å². The molecule has 0 saturated carbocycles. The van der Waals surface area contributed by atoms with Crippen molar-refractivity contribution in [2.45, 2.75) is 43.7 Å². The summed E-state index contributed by atoms with van der Waals surface area (Å²) in [7, 11) is -4.00. The summed E-state index contributed by atoms with van der Waals surface area (Å²) >= 11 is 1.41. The van der Waals surface area contributed by atoms with Crippen LogP contribution >= 0.6 is 11.3 Å². The molecule has 32 heavy (non-hydrogen) atoms. The van der Waals surface area contributed by atoms with Gasteiger partial charge < -0.3 is 0 Å². The summed E-state index contributed by atoms with van der Waals surface area (Å²) in [6.07, 6.45) is -0.192. The minimum absolute atomic E-state index is 0.0265. The average Bonchev–Trinajstić information content (AvgIpc) is 3.40. The van der Waals surface area contributed by atoms with Crippen molar-refractivity contribution in [3.8, 4) is 0 Å². The summed E-state index contributed by atoms with van der Waals surface area (Å²) in [5, 5.41) is 1.85. The number of sulfonamides is 1. The predicted molar refractivity (Wildman–Crippen MR) is 125 cm³/mol. The summed E-state index contributed by atoms with van der Waals surface area (Å²) in [6, 6.07) is 17.8. The van der Waals surface area contributed by atoms with Crippen molar-refractivity contribution >= 4 is 38.9 Å². The molecule has 0 radical (unpaired) electrons.